The van der Waals surface area contributed by atoms with E-state index in [1.807, 2.05) is 0 Å². The van der Waals surface area contributed by atoms with E-state index in [4.69, 9.17) is 28.3 Å². The first-order valence-corrected chi connectivity index (χ1v) is 4.57. The summed E-state index contributed by atoms with van der Waals surface area (Å²) in [5.41, 5.74) is 0.118. The standard InChI is InChI=1S/C9H5Cl2FO3/c10-6-1-4(12)2-7(11)5(6)3-8(13)9(14)15/h1-2H,3H2,(H,14,15). The highest BCUT2D eigenvalue weighted by Gasteiger charge is 2.17. The number of carbonyl (C=O) groups is 2. The quantitative estimate of drug-likeness (QED) is 0.838. The van der Waals surface area contributed by atoms with Crippen molar-refractivity contribution >= 4 is 35.0 Å². The molecular formula is C9H5Cl2FO3. The van der Waals surface area contributed by atoms with Gasteiger partial charge in [-0.15, -0.1) is 0 Å². The number of hydrogen-bond donors (Lipinski definition) is 1. The highest BCUT2D eigenvalue weighted by Crippen LogP contribution is 2.26. The third-order valence-electron chi connectivity index (χ3n) is 1.68. The number of benzene rings is 1. The molecule has 1 rings (SSSR count). The summed E-state index contributed by atoms with van der Waals surface area (Å²) in [5.74, 6) is -3.27. The van der Waals surface area contributed by atoms with E-state index < -0.39 is 24.0 Å². The first-order valence-electron chi connectivity index (χ1n) is 3.81. The minimum atomic E-state index is -1.58. The van der Waals surface area contributed by atoms with Crippen LogP contribution in [0.15, 0.2) is 12.1 Å². The first kappa shape index (κ1) is 11.9. The number of Topliss-reactive ketones (excluding diaryl/α,β-unsaturated/α-hetero) is 1. The number of rotatable bonds is 3. The molecule has 15 heavy (non-hydrogen) atoms. The molecule has 0 saturated carbocycles. The van der Waals surface area contributed by atoms with Crippen LogP contribution >= 0.6 is 23.2 Å². The molecular weight excluding hydrogens is 246 g/mol. The molecule has 0 aliphatic heterocycles. The molecule has 0 heterocycles. The van der Waals surface area contributed by atoms with Crippen LogP contribution in [0.3, 0.4) is 0 Å². The summed E-state index contributed by atoms with van der Waals surface area (Å²) in [6, 6.07) is 1.94. The van der Waals surface area contributed by atoms with Gasteiger partial charge in [-0.1, -0.05) is 23.2 Å². The second-order valence-electron chi connectivity index (χ2n) is 2.75. The van der Waals surface area contributed by atoms with Crippen LogP contribution in [0.4, 0.5) is 4.39 Å². The van der Waals surface area contributed by atoms with Gasteiger partial charge in [-0.05, 0) is 17.7 Å². The van der Waals surface area contributed by atoms with Crippen molar-refractivity contribution in [2.75, 3.05) is 0 Å². The molecule has 0 saturated heterocycles. The number of carboxylic acids is 1. The van der Waals surface area contributed by atoms with Gasteiger partial charge in [0.15, 0.2) is 0 Å². The molecule has 0 aromatic heterocycles. The summed E-state index contributed by atoms with van der Waals surface area (Å²) >= 11 is 11.2. The van der Waals surface area contributed by atoms with Crippen molar-refractivity contribution in [3.63, 3.8) is 0 Å². The van der Waals surface area contributed by atoms with Crippen molar-refractivity contribution in [2.45, 2.75) is 6.42 Å². The molecule has 0 spiro atoms. The van der Waals surface area contributed by atoms with Gasteiger partial charge in [0, 0.05) is 16.5 Å². The number of hydrogen-bond acceptors (Lipinski definition) is 2. The second-order valence-corrected chi connectivity index (χ2v) is 3.57. The molecule has 3 nitrogen and oxygen atoms in total. The third kappa shape index (κ3) is 2.91. The Morgan fingerprint density at radius 3 is 2.13 bits per heavy atom. The van der Waals surface area contributed by atoms with Crippen LogP contribution in [-0.4, -0.2) is 16.9 Å². The van der Waals surface area contributed by atoms with Crippen molar-refractivity contribution in [1.29, 1.82) is 0 Å². The Morgan fingerprint density at radius 2 is 1.73 bits per heavy atom. The van der Waals surface area contributed by atoms with Gasteiger partial charge >= 0.3 is 5.97 Å². The zero-order valence-electron chi connectivity index (χ0n) is 7.26. The Bertz CT molecular complexity index is 408. The van der Waals surface area contributed by atoms with Gasteiger partial charge in [0.05, 0.1) is 0 Å². The Morgan fingerprint density at radius 1 is 1.27 bits per heavy atom. The normalized spacial score (nSPS) is 10.1. The summed E-state index contributed by atoms with van der Waals surface area (Å²) in [7, 11) is 0. The van der Waals surface area contributed by atoms with Gasteiger partial charge in [-0.25, -0.2) is 9.18 Å². The Balaban J connectivity index is 3.05. The molecule has 0 unspecified atom stereocenters. The SMILES string of the molecule is O=C(O)C(=O)Cc1c(Cl)cc(F)cc1Cl. The van der Waals surface area contributed by atoms with Crippen molar-refractivity contribution in [2.24, 2.45) is 0 Å². The average molecular weight is 251 g/mol. The third-order valence-corrected chi connectivity index (χ3v) is 2.36. The van der Waals surface area contributed by atoms with Gasteiger partial charge in [-0.3, -0.25) is 4.79 Å². The number of aliphatic carboxylic acids is 1. The minimum absolute atomic E-state index is 0.0606. The van der Waals surface area contributed by atoms with Gasteiger partial charge in [0.25, 0.3) is 0 Å². The van der Waals surface area contributed by atoms with E-state index in [0.717, 1.165) is 12.1 Å². The van der Waals surface area contributed by atoms with E-state index in [-0.39, 0.29) is 15.6 Å². The van der Waals surface area contributed by atoms with Crippen molar-refractivity contribution in [3.05, 3.63) is 33.6 Å². The van der Waals surface area contributed by atoms with Gasteiger partial charge in [0.2, 0.25) is 5.78 Å². The predicted molar refractivity (Wildman–Crippen MR) is 52.8 cm³/mol. The van der Waals surface area contributed by atoms with Crippen molar-refractivity contribution < 1.29 is 19.1 Å². The highest BCUT2D eigenvalue weighted by molar-refractivity contribution is 6.38. The minimum Gasteiger partial charge on any atom is -0.475 e. The Labute approximate surface area is 94.4 Å². The van der Waals surface area contributed by atoms with Gasteiger partial charge in [-0.2, -0.15) is 0 Å². The second kappa shape index (κ2) is 4.59. The summed E-state index contributed by atoms with van der Waals surface area (Å²) in [5, 5.41) is 8.25. The maximum Gasteiger partial charge on any atom is 0.372 e. The fourth-order valence-electron chi connectivity index (χ4n) is 0.977. The van der Waals surface area contributed by atoms with E-state index >= 15 is 0 Å². The largest absolute Gasteiger partial charge is 0.475 e. The maximum absolute atomic E-state index is 12.7. The first-order chi connectivity index (χ1) is 6.91. The number of carbonyl (C=O) groups excluding carboxylic acids is 1. The molecule has 0 radical (unpaired) electrons. The summed E-state index contributed by atoms with van der Waals surface area (Å²) in [6.07, 6.45) is -0.451. The van der Waals surface area contributed by atoms with E-state index in [9.17, 15) is 14.0 Å². The molecule has 0 atom stereocenters. The monoisotopic (exact) mass is 250 g/mol. The maximum atomic E-state index is 12.7. The lowest BCUT2D eigenvalue weighted by Gasteiger charge is -2.04. The summed E-state index contributed by atoms with van der Waals surface area (Å²) in [6.45, 7) is 0. The molecule has 1 aromatic carbocycles. The lowest BCUT2D eigenvalue weighted by molar-refractivity contribution is -0.148. The predicted octanol–water partition coefficient (Wildman–Crippen LogP) is 2.33. The lowest BCUT2D eigenvalue weighted by atomic mass is 10.1. The van der Waals surface area contributed by atoms with E-state index in [2.05, 4.69) is 0 Å². The molecule has 0 aliphatic rings. The fraction of sp³-hybridized carbons (Fsp3) is 0.111. The van der Waals surface area contributed by atoms with Crippen LogP contribution in [-0.2, 0) is 16.0 Å². The number of carboxylic acid groups (broad SMARTS) is 1. The van der Waals surface area contributed by atoms with Crippen LogP contribution in [0.5, 0.6) is 0 Å². The molecule has 6 heteroatoms. The number of ketones is 1. The molecule has 0 amide bonds. The molecule has 0 bridgehead atoms. The van der Waals surface area contributed by atoms with Crippen molar-refractivity contribution in [3.8, 4) is 0 Å². The van der Waals surface area contributed by atoms with Crippen LogP contribution in [0.1, 0.15) is 5.56 Å². The van der Waals surface area contributed by atoms with E-state index in [0.29, 0.717) is 0 Å². The highest BCUT2D eigenvalue weighted by atomic mass is 35.5. The van der Waals surface area contributed by atoms with E-state index in [1.165, 1.54) is 0 Å². The van der Waals surface area contributed by atoms with E-state index in [1.54, 1.807) is 0 Å². The average Bonchev–Trinajstić information content (AvgIpc) is 2.10. The zero-order valence-corrected chi connectivity index (χ0v) is 8.77. The fourth-order valence-corrected chi connectivity index (χ4v) is 1.57. The molecule has 1 aromatic rings. The van der Waals surface area contributed by atoms with Gasteiger partial charge in [0.1, 0.15) is 5.82 Å². The summed E-state index contributed by atoms with van der Waals surface area (Å²) in [4.78, 5) is 21.2. The summed E-state index contributed by atoms with van der Waals surface area (Å²) < 4.78 is 12.7. The van der Waals surface area contributed by atoms with Crippen LogP contribution in [0, 0.1) is 5.82 Å². The molecule has 80 valence electrons. The van der Waals surface area contributed by atoms with Crippen molar-refractivity contribution in [1.82, 2.24) is 0 Å². The van der Waals surface area contributed by atoms with Crippen LogP contribution < -0.4 is 0 Å². The van der Waals surface area contributed by atoms with Crippen LogP contribution in [0.25, 0.3) is 0 Å². The topological polar surface area (TPSA) is 54.4 Å². The van der Waals surface area contributed by atoms with Crippen LogP contribution in [0.2, 0.25) is 10.0 Å². The molecule has 0 aliphatic carbocycles. The van der Waals surface area contributed by atoms with Gasteiger partial charge < -0.3 is 5.11 Å². The number of halogens is 3. The smallest absolute Gasteiger partial charge is 0.372 e. The lowest BCUT2D eigenvalue weighted by Crippen LogP contribution is -2.15. The Hall–Kier alpha value is -1.13. The Kier molecular flexibility index (Phi) is 3.66. The molecule has 1 N–H and O–H groups in total. The zero-order chi connectivity index (χ0) is 11.6. The molecule has 0 fully saturated rings.